The van der Waals surface area contributed by atoms with Crippen LogP contribution < -0.4 is 5.32 Å². The topological polar surface area (TPSA) is 15.3 Å². The Bertz CT molecular complexity index is 203. The molecule has 1 fully saturated rings. The van der Waals surface area contributed by atoms with Crippen LogP contribution in [0.15, 0.2) is 0 Å². The van der Waals surface area contributed by atoms with Crippen LogP contribution in [0.4, 0.5) is 0 Å². The molecule has 0 bridgehead atoms. The van der Waals surface area contributed by atoms with E-state index in [2.05, 4.69) is 44.8 Å². The lowest BCUT2D eigenvalue weighted by atomic mass is 10.1. The summed E-state index contributed by atoms with van der Waals surface area (Å²) >= 11 is 0. The van der Waals surface area contributed by atoms with Crippen molar-refractivity contribution in [2.24, 2.45) is 5.92 Å². The fourth-order valence-electron chi connectivity index (χ4n) is 2.34. The van der Waals surface area contributed by atoms with Gasteiger partial charge in [-0.25, -0.2) is 0 Å². The third kappa shape index (κ3) is 6.42. The lowest BCUT2D eigenvalue weighted by Crippen LogP contribution is -2.48. The molecular formula is C15H32N2. The lowest BCUT2D eigenvalue weighted by Gasteiger charge is -2.33. The highest BCUT2D eigenvalue weighted by atomic mass is 15.2. The van der Waals surface area contributed by atoms with Crippen LogP contribution in [-0.4, -0.2) is 36.1 Å². The molecule has 1 saturated carbocycles. The van der Waals surface area contributed by atoms with E-state index in [-0.39, 0.29) is 5.54 Å². The van der Waals surface area contributed by atoms with E-state index in [9.17, 15) is 0 Å². The number of hydrogen-bond acceptors (Lipinski definition) is 2. The van der Waals surface area contributed by atoms with Crippen molar-refractivity contribution >= 4 is 0 Å². The Morgan fingerprint density at radius 1 is 1.24 bits per heavy atom. The zero-order valence-electron chi connectivity index (χ0n) is 12.6. The van der Waals surface area contributed by atoms with Crippen LogP contribution in [0, 0.1) is 5.92 Å². The van der Waals surface area contributed by atoms with Crippen LogP contribution in [0.2, 0.25) is 0 Å². The van der Waals surface area contributed by atoms with Crippen molar-refractivity contribution in [3.63, 3.8) is 0 Å². The zero-order chi connectivity index (χ0) is 12.9. The number of hydrogen-bond donors (Lipinski definition) is 1. The van der Waals surface area contributed by atoms with Crippen LogP contribution >= 0.6 is 0 Å². The summed E-state index contributed by atoms with van der Waals surface area (Å²) in [6, 6.07) is 0.727. The molecule has 0 heterocycles. The van der Waals surface area contributed by atoms with Gasteiger partial charge in [0.1, 0.15) is 0 Å². The van der Waals surface area contributed by atoms with E-state index in [1.807, 2.05) is 0 Å². The Morgan fingerprint density at radius 3 is 2.29 bits per heavy atom. The van der Waals surface area contributed by atoms with E-state index >= 15 is 0 Å². The molecule has 0 saturated heterocycles. The summed E-state index contributed by atoms with van der Waals surface area (Å²) in [5.41, 5.74) is 0.241. The second-order valence-corrected chi connectivity index (χ2v) is 6.60. The molecule has 102 valence electrons. The largest absolute Gasteiger partial charge is 0.311 e. The minimum atomic E-state index is 0.241. The maximum Gasteiger partial charge on any atom is 0.0220 e. The van der Waals surface area contributed by atoms with Gasteiger partial charge < -0.3 is 5.32 Å². The summed E-state index contributed by atoms with van der Waals surface area (Å²) in [5.74, 6) is 1.00. The Balaban J connectivity index is 2.42. The molecule has 0 spiro atoms. The summed E-state index contributed by atoms with van der Waals surface area (Å²) < 4.78 is 0. The van der Waals surface area contributed by atoms with Crippen molar-refractivity contribution in [2.75, 3.05) is 19.6 Å². The first-order valence-corrected chi connectivity index (χ1v) is 7.45. The van der Waals surface area contributed by atoms with Gasteiger partial charge in [0.15, 0.2) is 0 Å². The first-order chi connectivity index (χ1) is 7.96. The average molecular weight is 240 g/mol. The summed E-state index contributed by atoms with van der Waals surface area (Å²) in [6.07, 6.45) is 5.53. The number of likely N-dealkylation sites (N-methyl/N-ethyl adjacent to an activating group) is 1. The number of rotatable bonds is 8. The molecule has 0 aromatic carbocycles. The van der Waals surface area contributed by atoms with E-state index in [0.29, 0.717) is 0 Å². The Kier molecular flexibility index (Phi) is 5.94. The molecule has 1 aliphatic rings. The van der Waals surface area contributed by atoms with Gasteiger partial charge in [0.2, 0.25) is 0 Å². The monoisotopic (exact) mass is 240 g/mol. The molecule has 1 unspecified atom stereocenters. The predicted molar refractivity (Wildman–Crippen MR) is 76.4 cm³/mol. The van der Waals surface area contributed by atoms with Crippen molar-refractivity contribution < 1.29 is 0 Å². The maximum atomic E-state index is 3.67. The lowest BCUT2D eigenvalue weighted by molar-refractivity contribution is 0.173. The highest BCUT2D eigenvalue weighted by Crippen LogP contribution is 2.30. The van der Waals surface area contributed by atoms with Gasteiger partial charge in [-0.15, -0.1) is 0 Å². The minimum Gasteiger partial charge on any atom is -0.311 e. The summed E-state index contributed by atoms with van der Waals surface area (Å²) in [7, 11) is 0. The van der Waals surface area contributed by atoms with Crippen molar-refractivity contribution in [1.29, 1.82) is 0 Å². The van der Waals surface area contributed by atoms with Crippen molar-refractivity contribution in [1.82, 2.24) is 10.2 Å². The third-order valence-electron chi connectivity index (χ3n) is 3.60. The van der Waals surface area contributed by atoms with E-state index < -0.39 is 0 Å². The van der Waals surface area contributed by atoms with E-state index in [1.54, 1.807) is 0 Å². The normalized spacial score (nSPS) is 18.7. The SMILES string of the molecule is CCCC(CNC(C)(C)C)N(CC)CC1CC1. The molecule has 2 heteroatoms. The van der Waals surface area contributed by atoms with Crippen LogP contribution in [0.5, 0.6) is 0 Å². The smallest absolute Gasteiger partial charge is 0.0220 e. The molecule has 1 rings (SSSR count). The van der Waals surface area contributed by atoms with Gasteiger partial charge in [-0.05, 0) is 52.5 Å². The van der Waals surface area contributed by atoms with Gasteiger partial charge in [-0.1, -0.05) is 20.3 Å². The van der Waals surface area contributed by atoms with Gasteiger partial charge in [0.05, 0.1) is 0 Å². The number of nitrogens with zero attached hydrogens (tertiary/aromatic N) is 1. The van der Waals surface area contributed by atoms with E-state index in [0.717, 1.165) is 18.5 Å². The fourth-order valence-corrected chi connectivity index (χ4v) is 2.34. The second kappa shape index (κ2) is 6.75. The molecule has 1 atom stereocenters. The van der Waals surface area contributed by atoms with Crippen molar-refractivity contribution in [3.8, 4) is 0 Å². The van der Waals surface area contributed by atoms with Gasteiger partial charge >= 0.3 is 0 Å². The quantitative estimate of drug-likeness (QED) is 0.700. The van der Waals surface area contributed by atoms with Gasteiger partial charge in [-0.2, -0.15) is 0 Å². The Hall–Kier alpha value is -0.0800. The molecular weight excluding hydrogens is 208 g/mol. The highest BCUT2D eigenvalue weighted by molar-refractivity contribution is 4.83. The summed E-state index contributed by atoms with van der Waals surface area (Å²) in [5, 5.41) is 3.67. The third-order valence-corrected chi connectivity index (χ3v) is 3.60. The van der Waals surface area contributed by atoms with Crippen LogP contribution in [-0.2, 0) is 0 Å². The molecule has 1 aliphatic carbocycles. The Morgan fingerprint density at radius 2 is 1.88 bits per heavy atom. The average Bonchev–Trinajstić information content (AvgIpc) is 3.03. The molecule has 2 nitrogen and oxygen atoms in total. The minimum absolute atomic E-state index is 0.241. The molecule has 0 aromatic heterocycles. The maximum absolute atomic E-state index is 3.67. The fraction of sp³-hybridized carbons (Fsp3) is 1.00. The molecule has 0 aromatic rings. The van der Waals surface area contributed by atoms with Gasteiger partial charge in [-0.3, -0.25) is 4.90 Å². The van der Waals surface area contributed by atoms with E-state index in [1.165, 1.54) is 38.8 Å². The van der Waals surface area contributed by atoms with Crippen LogP contribution in [0.25, 0.3) is 0 Å². The molecule has 1 N–H and O–H groups in total. The van der Waals surface area contributed by atoms with Crippen molar-refractivity contribution in [3.05, 3.63) is 0 Å². The van der Waals surface area contributed by atoms with E-state index in [4.69, 9.17) is 0 Å². The first-order valence-electron chi connectivity index (χ1n) is 7.45. The summed E-state index contributed by atoms with van der Waals surface area (Å²) in [4.78, 5) is 2.69. The molecule has 0 amide bonds. The van der Waals surface area contributed by atoms with Gasteiger partial charge in [0.25, 0.3) is 0 Å². The molecule has 0 radical (unpaired) electrons. The highest BCUT2D eigenvalue weighted by Gasteiger charge is 2.27. The molecule has 0 aliphatic heterocycles. The second-order valence-electron chi connectivity index (χ2n) is 6.60. The first kappa shape index (κ1) is 15.0. The zero-order valence-corrected chi connectivity index (χ0v) is 12.6. The van der Waals surface area contributed by atoms with Crippen molar-refractivity contribution in [2.45, 2.75) is 71.9 Å². The number of nitrogens with one attached hydrogen (secondary N) is 1. The predicted octanol–water partition coefficient (Wildman–Crippen LogP) is 3.28. The standard InChI is InChI=1S/C15H32N2/c1-6-8-14(11-16-15(3,4)5)17(7-2)12-13-9-10-13/h13-14,16H,6-12H2,1-5H3. The van der Waals surface area contributed by atoms with Crippen LogP contribution in [0.3, 0.4) is 0 Å². The summed E-state index contributed by atoms with van der Waals surface area (Å²) in [6.45, 7) is 15.0. The molecule has 17 heavy (non-hydrogen) atoms. The van der Waals surface area contributed by atoms with Crippen LogP contribution in [0.1, 0.15) is 60.3 Å². The van der Waals surface area contributed by atoms with Gasteiger partial charge in [0, 0.05) is 24.7 Å². The Labute approximate surface area is 108 Å².